The third kappa shape index (κ3) is 3.48. The highest BCUT2D eigenvalue weighted by atomic mass is 19.4. The Morgan fingerprint density at radius 1 is 1.17 bits per heavy atom. The molecule has 1 unspecified atom stereocenters. The summed E-state index contributed by atoms with van der Waals surface area (Å²) in [6.07, 6.45) is -4.24. The third-order valence-corrected chi connectivity index (χ3v) is 5.37. The number of fused-ring (bicyclic) bond motifs is 5. The Hall–Kier alpha value is -3.10. The first kappa shape index (κ1) is 20.2. The lowest BCUT2D eigenvalue weighted by Crippen LogP contribution is -2.53. The summed E-state index contributed by atoms with van der Waals surface area (Å²) in [5.74, 6) is -2.64. The topological polar surface area (TPSA) is 58.6 Å². The van der Waals surface area contributed by atoms with Crippen LogP contribution in [0.15, 0.2) is 36.4 Å². The summed E-state index contributed by atoms with van der Waals surface area (Å²) >= 11 is 0. The van der Waals surface area contributed by atoms with Crippen molar-refractivity contribution < 1.29 is 31.9 Å². The molecule has 2 aliphatic heterocycles. The van der Waals surface area contributed by atoms with E-state index in [2.05, 4.69) is 5.32 Å². The fraction of sp³-hybridized carbons (Fsp3) is 0.333. The number of ketones is 1. The zero-order chi connectivity index (χ0) is 21.6. The molecule has 0 bridgehead atoms. The number of nitrogens with one attached hydrogen (secondary N) is 1. The number of nitrogens with zero attached hydrogens (tertiary/aromatic N) is 1. The van der Waals surface area contributed by atoms with Gasteiger partial charge >= 0.3 is 12.1 Å². The van der Waals surface area contributed by atoms with Gasteiger partial charge in [0.25, 0.3) is 0 Å². The summed E-state index contributed by atoms with van der Waals surface area (Å²) in [7, 11) is 0. The Kier molecular flexibility index (Phi) is 4.91. The van der Waals surface area contributed by atoms with E-state index in [1.807, 2.05) is 0 Å². The van der Waals surface area contributed by atoms with Gasteiger partial charge in [-0.2, -0.15) is 13.2 Å². The highest BCUT2D eigenvalue weighted by Crippen LogP contribution is 2.49. The van der Waals surface area contributed by atoms with Crippen LogP contribution in [-0.4, -0.2) is 30.5 Å². The van der Waals surface area contributed by atoms with Crippen LogP contribution in [-0.2, 0) is 4.79 Å². The van der Waals surface area contributed by atoms with Crippen molar-refractivity contribution in [3.8, 4) is 11.5 Å². The number of piperidine rings is 1. The normalized spacial score (nSPS) is 20.2. The van der Waals surface area contributed by atoms with Crippen LogP contribution in [0.2, 0.25) is 0 Å². The van der Waals surface area contributed by atoms with E-state index in [1.54, 1.807) is 29.2 Å². The standard InChI is InChI=1S/C21H18F4N2O3/c1-11(28)14-9-12(22)10-17-19(14)27-8-4-6-15(26-20(29)21(23,24)25)18(27)13-5-2-3-7-16(13)30-17/h2-3,5,7,9-10,15,18H,4,6,8H2,1H3,(H,26,29)/t15?,18-/m1/s1. The van der Waals surface area contributed by atoms with Crippen LogP contribution in [0.3, 0.4) is 0 Å². The number of Topliss-reactive ketones (excluding diaryl/α,β-unsaturated/α-hetero) is 1. The molecule has 1 N–H and O–H groups in total. The number of carbonyl (C=O) groups is 2. The molecule has 2 aromatic carbocycles. The number of anilines is 1. The molecule has 1 fully saturated rings. The van der Waals surface area contributed by atoms with Gasteiger partial charge in [-0.25, -0.2) is 4.39 Å². The number of carbonyl (C=O) groups excluding carboxylic acids is 2. The molecule has 0 saturated carbocycles. The third-order valence-electron chi connectivity index (χ3n) is 5.37. The Balaban J connectivity index is 1.89. The average molecular weight is 422 g/mol. The van der Waals surface area contributed by atoms with Gasteiger partial charge in [0.05, 0.1) is 17.8 Å². The average Bonchev–Trinajstić information content (AvgIpc) is 2.81. The quantitative estimate of drug-likeness (QED) is 0.571. The molecule has 30 heavy (non-hydrogen) atoms. The summed E-state index contributed by atoms with van der Waals surface area (Å²) < 4.78 is 58.9. The molecule has 0 aliphatic carbocycles. The first-order valence-corrected chi connectivity index (χ1v) is 9.42. The first-order valence-electron chi connectivity index (χ1n) is 9.42. The maximum absolute atomic E-state index is 14.2. The minimum absolute atomic E-state index is 0.0746. The molecule has 2 aliphatic rings. The van der Waals surface area contributed by atoms with Crippen molar-refractivity contribution in [2.24, 2.45) is 0 Å². The highest BCUT2D eigenvalue weighted by Gasteiger charge is 2.45. The summed E-state index contributed by atoms with van der Waals surface area (Å²) in [5.41, 5.74) is 0.942. The van der Waals surface area contributed by atoms with Crippen molar-refractivity contribution in [3.05, 3.63) is 53.3 Å². The van der Waals surface area contributed by atoms with E-state index >= 15 is 0 Å². The van der Waals surface area contributed by atoms with Crippen LogP contribution in [0.5, 0.6) is 11.5 Å². The maximum atomic E-state index is 14.2. The van der Waals surface area contributed by atoms with E-state index in [-0.39, 0.29) is 11.3 Å². The summed E-state index contributed by atoms with van der Waals surface area (Å²) in [6.45, 7) is 1.69. The SMILES string of the molecule is CC(=O)c1cc(F)cc2c1N1CCCC(NC(=O)C(F)(F)F)[C@H]1c1ccccc1O2. The van der Waals surface area contributed by atoms with Gasteiger partial charge in [-0.1, -0.05) is 18.2 Å². The second-order valence-corrected chi connectivity index (χ2v) is 7.35. The molecule has 5 nitrogen and oxygen atoms in total. The van der Waals surface area contributed by atoms with Crippen molar-refractivity contribution in [3.63, 3.8) is 0 Å². The lowest BCUT2D eigenvalue weighted by Gasteiger charge is -2.43. The molecule has 0 spiro atoms. The van der Waals surface area contributed by atoms with Crippen LogP contribution in [0, 0.1) is 5.82 Å². The number of ether oxygens (including phenoxy) is 1. The predicted octanol–water partition coefficient (Wildman–Crippen LogP) is 4.52. The summed E-state index contributed by atoms with van der Waals surface area (Å²) in [4.78, 5) is 25.7. The predicted molar refractivity (Wildman–Crippen MR) is 100 cm³/mol. The van der Waals surface area contributed by atoms with E-state index in [4.69, 9.17) is 4.74 Å². The molecule has 2 atom stereocenters. The molecule has 4 rings (SSSR count). The first-order chi connectivity index (χ1) is 14.2. The van der Waals surface area contributed by atoms with Gasteiger partial charge in [0, 0.05) is 23.7 Å². The van der Waals surface area contributed by atoms with Crippen molar-refractivity contribution in [2.45, 2.75) is 38.0 Å². The zero-order valence-electron chi connectivity index (χ0n) is 15.9. The summed E-state index contributed by atoms with van der Waals surface area (Å²) in [6, 6.07) is 7.36. The second kappa shape index (κ2) is 7.30. The number of hydrogen-bond acceptors (Lipinski definition) is 4. The molecule has 2 heterocycles. The Morgan fingerprint density at radius 3 is 2.60 bits per heavy atom. The molecular formula is C21H18F4N2O3. The molecule has 158 valence electrons. The van der Waals surface area contributed by atoms with Crippen LogP contribution < -0.4 is 15.0 Å². The van der Waals surface area contributed by atoms with Crippen LogP contribution >= 0.6 is 0 Å². The van der Waals surface area contributed by atoms with Gasteiger partial charge in [-0.3, -0.25) is 9.59 Å². The molecule has 0 aromatic heterocycles. The van der Waals surface area contributed by atoms with Crippen LogP contribution in [0.25, 0.3) is 0 Å². The van der Waals surface area contributed by atoms with E-state index in [0.29, 0.717) is 36.4 Å². The minimum Gasteiger partial charge on any atom is -0.455 e. The lowest BCUT2D eigenvalue weighted by molar-refractivity contribution is -0.174. The van der Waals surface area contributed by atoms with Crippen molar-refractivity contribution in [1.29, 1.82) is 0 Å². The smallest absolute Gasteiger partial charge is 0.455 e. The minimum atomic E-state index is -5.02. The fourth-order valence-electron chi connectivity index (χ4n) is 4.19. The van der Waals surface area contributed by atoms with Crippen molar-refractivity contribution in [2.75, 3.05) is 11.4 Å². The zero-order valence-corrected chi connectivity index (χ0v) is 15.9. The number of alkyl halides is 3. The van der Waals surface area contributed by atoms with Crippen LogP contribution in [0.4, 0.5) is 23.2 Å². The monoisotopic (exact) mass is 422 g/mol. The largest absolute Gasteiger partial charge is 0.471 e. The molecule has 2 aromatic rings. The van der Waals surface area contributed by atoms with Gasteiger partial charge in [0.2, 0.25) is 0 Å². The number of halogens is 4. The Bertz CT molecular complexity index is 1020. The van der Waals surface area contributed by atoms with E-state index < -0.39 is 35.8 Å². The molecule has 9 heteroatoms. The number of rotatable bonds is 2. The Labute approximate surface area is 169 Å². The van der Waals surface area contributed by atoms with Crippen molar-refractivity contribution in [1.82, 2.24) is 5.32 Å². The van der Waals surface area contributed by atoms with Gasteiger partial charge in [0.15, 0.2) is 11.5 Å². The Morgan fingerprint density at radius 2 is 1.90 bits per heavy atom. The molecule has 0 radical (unpaired) electrons. The maximum Gasteiger partial charge on any atom is 0.471 e. The molecule has 1 amide bonds. The van der Waals surface area contributed by atoms with Crippen LogP contribution in [0.1, 0.15) is 41.7 Å². The number of amides is 1. The summed E-state index contributed by atoms with van der Waals surface area (Å²) in [5, 5.41) is 2.10. The van der Waals surface area contributed by atoms with Gasteiger partial charge in [-0.15, -0.1) is 0 Å². The van der Waals surface area contributed by atoms with Crippen molar-refractivity contribution >= 4 is 17.4 Å². The van der Waals surface area contributed by atoms with Gasteiger partial charge < -0.3 is 15.0 Å². The van der Waals surface area contributed by atoms with E-state index in [0.717, 1.165) is 12.1 Å². The van der Waals surface area contributed by atoms with E-state index in [9.17, 15) is 27.2 Å². The van der Waals surface area contributed by atoms with E-state index in [1.165, 1.54) is 6.92 Å². The molecular weight excluding hydrogens is 404 g/mol. The fourth-order valence-corrected chi connectivity index (χ4v) is 4.19. The number of benzene rings is 2. The number of para-hydroxylation sites is 1. The lowest BCUT2D eigenvalue weighted by atomic mass is 9.88. The van der Waals surface area contributed by atoms with Gasteiger partial charge in [0.1, 0.15) is 11.6 Å². The number of hydrogen-bond donors (Lipinski definition) is 1. The highest BCUT2D eigenvalue weighted by molar-refractivity contribution is 6.01. The second-order valence-electron chi connectivity index (χ2n) is 7.35. The van der Waals surface area contributed by atoms with Gasteiger partial charge in [-0.05, 0) is 31.9 Å². The molecule has 1 saturated heterocycles.